The first-order chi connectivity index (χ1) is 8.04. The molecule has 0 unspecified atom stereocenters. The van der Waals surface area contributed by atoms with Crippen molar-refractivity contribution in [1.29, 1.82) is 0 Å². The largest absolute Gasteiger partial charge is 0.516 e. The van der Waals surface area contributed by atoms with Crippen LogP contribution in [-0.2, 0) is 10.0 Å². The summed E-state index contributed by atoms with van der Waals surface area (Å²) in [7, 11) is -5.59. The predicted octanol–water partition coefficient (Wildman–Crippen LogP) is 2.41. The van der Waals surface area contributed by atoms with Gasteiger partial charge in [0.25, 0.3) is 0 Å². The minimum absolute atomic E-state index is 0.0136. The number of alkyl halides is 3. The van der Waals surface area contributed by atoms with Crippen molar-refractivity contribution in [2.75, 3.05) is 4.72 Å². The summed E-state index contributed by atoms with van der Waals surface area (Å²) in [5.41, 5.74) is -6.34. The Bertz CT molecular complexity index is 584. The van der Waals surface area contributed by atoms with Gasteiger partial charge >= 0.3 is 21.5 Å². The summed E-state index contributed by atoms with van der Waals surface area (Å²) in [5.74, 6) is -1.39. The molecular formula is C8H5BrF3NO4S. The van der Waals surface area contributed by atoms with Crippen LogP contribution in [-0.4, -0.2) is 25.0 Å². The highest BCUT2D eigenvalue weighted by Crippen LogP contribution is 2.30. The van der Waals surface area contributed by atoms with Gasteiger partial charge in [0.15, 0.2) is 0 Å². The Labute approximate surface area is 108 Å². The molecule has 18 heavy (non-hydrogen) atoms. The molecule has 0 aliphatic heterocycles. The average Bonchev–Trinajstić information content (AvgIpc) is 2.18. The molecule has 0 radical (unpaired) electrons. The van der Waals surface area contributed by atoms with Gasteiger partial charge < -0.3 is 5.11 Å². The molecule has 1 aromatic rings. The summed E-state index contributed by atoms with van der Waals surface area (Å²) in [5, 5.41) is 8.64. The number of carboxylic acid groups (broad SMARTS) is 1. The van der Waals surface area contributed by atoms with E-state index in [4.69, 9.17) is 5.11 Å². The van der Waals surface area contributed by atoms with Crippen LogP contribution in [0.5, 0.6) is 0 Å². The van der Waals surface area contributed by atoms with Gasteiger partial charge in [0.2, 0.25) is 0 Å². The molecule has 0 aliphatic rings. The fraction of sp³-hybridized carbons (Fsp3) is 0.125. The zero-order valence-corrected chi connectivity index (χ0v) is 10.7. The van der Waals surface area contributed by atoms with Gasteiger partial charge in [-0.3, -0.25) is 4.72 Å². The average molecular weight is 348 g/mol. The van der Waals surface area contributed by atoms with Crippen LogP contribution in [0.2, 0.25) is 0 Å². The highest BCUT2D eigenvalue weighted by Gasteiger charge is 2.46. The maximum Gasteiger partial charge on any atom is 0.516 e. The summed E-state index contributed by atoms with van der Waals surface area (Å²) in [4.78, 5) is 10.6. The number of anilines is 1. The van der Waals surface area contributed by atoms with Crippen molar-refractivity contribution in [3.05, 3.63) is 28.2 Å². The zero-order chi connectivity index (χ0) is 14.1. The van der Waals surface area contributed by atoms with Crippen LogP contribution in [0.1, 0.15) is 10.4 Å². The molecule has 100 valence electrons. The number of carbonyl (C=O) groups is 1. The number of carboxylic acids is 1. The van der Waals surface area contributed by atoms with Crippen molar-refractivity contribution in [3.8, 4) is 0 Å². The van der Waals surface area contributed by atoms with Gasteiger partial charge in [0.05, 0.1) is 11.3 Å². The Balaban J connectivity index is 3.20. The molecule has 0 spiro atoms. The molecule has 1 aromatic carbocycles. The van der Waals surface area contributed by atoms with Crippen molar-refractivity contribution in [2.24, 2.45) is 0 Å². The second kappa shape index (κ2) is 4.76. The second-order valence-corrected chi connectivity index (χ2v) is 5.58. The third-order valence-electron chi connectivity index (χ3n) is 1.76. The molecule has 0 aromatic heterocycles. The lowest BCUT2D eigenvalue weighted by atomic mass is 10.2. The zero-order valence-electron chi connectivity index (χ0n) is 8.32. The van der Waals surface area contributed by atoms with Gasteiger partial charge in [-0.15, -0.1) is 0 Å². The number of benzene rings is 1. The number of hydrogen-bond acceptors (Lipinski definition) is 3. The second-order valence-electron chi connectivity index (χ2n) is 3.05. The minimum atomic E-state index is -5.59. The quantitative estimate of drug-likeness (QED) is 0.879. The van der Waals surface area contributed by atoms with Crippen LogP contribution in [0.4, 0.5) is 18.9 Å². The Morgan fingerprint density at radius 3 is 2.33 bits per heavy atom. The maximum absolute atomic E-state index is 12.1. The van der Waals surface area contributed by atoms with Gasteiger partial charge in [-0.25, -0.2) is 4.79 Å². The monoisotopic (exact) mass is 347 g/mol. The molecule has 5 nitrogen and oxygen atoms in total. The smallest absolute Gasteiger partial charge is 0.478 e. The number of nitrogens with one attached hydrogen (secondary N) is 1. The van der Waals surface area contributed by atoms with E-state index in [0.29, 0.717) is 0 Å². The van der Waals surface area contributed by atoms with E-state index in [1.807, 2.05) is 0 Å². The first-order valence-electron chi connectivity index (χ1n) is 4.16. The molecule has 2 N–H and O–H groups in total. The summed E-state index contributed by atoms with van der Waals surface area (Å²) in [6.07, 6.45) is 0. The van der Waals surface area contributed by atoms with Gasteiger partial charge in [0, 0.05) is 4.47 Å². The summed E-state index contributed by atoms with van der Waals surface area (Å²) >= 11 is 2.81. The third kappa shape index (κ3) is 3.13. The maximum atomic E-state index is 12.1. The predicted molar refractivity (Wildman–Crippen MR) is 59.7 cm³/mol. The highest BCUT2D eigenvalue weighted by atomic mass is 79.9. The van der Waals surface area contributed by atoms with Gasteiger partial charge in [-0.05, 0) is 34.1 Å². The van der Waals surface area contributed by atoms with Crippen molar-refractivity contribution in [1.82, 2.24) is 0 Å². The van der Waals surface area contributed by atoms with E-state index >= 15 is 0 Å². The van der Waals surface area contributed by atoms with E-state index < -0.39 is 27.2 Å². The highest BCUT2D eigenvalue weighted by molar-refractivity contribution is 9.10. The Kier molecular flexibility index (Phi) is 3.91. The standard InChI is InChI=1S/C8H5BrF3NO4S/c9-5-2-1-4(7(14)15)3-6(5)13-18(16,17)8(10,11)12/h1-3,13H,(H,14,15). The van der Waals surface area contributed by atoms with E-state index in [1.54, 1.807) is 0 Å². The fourth-order valence-corrected chi connectivity index (χ4v) is 1.99. The van der Waals surface area contributed by atoms with Crippen LogP contribution < -0.4 is 4.72 Å². The Hall–Kier alpha value is -1.29. The van der Waals surface area contributed by atoms with Crippen molar-refractivity contribution in [3.63, 3.8) is 0 Å². The fourth-order valence-electron chi connectivity index (χ4n) is 0.939. The van der Waals surface area contributed by atoms with Crippen molar-refractivity contribution in [2.45, 2.75) is 5.51 Å². The Morgan fingerprint density at radius 1 is 1.33 bits per heavy atom. The molecule has 0 heterocycles. The molecule has 0 aliphatic carbocycles. The van der Waals surface area contributed by atoms with Gasteiger partial charge in [-0.2, -0.15) is 21.6 Å². The number of hydrogen-bond donors (Lipinski definition) is 2. The van der Waals surface area contributed by atoms with E-state index in [0.717, 1.165) is 18.2 Å². The molecule has 0 saturated carbocycles. The first-order valence-corrected chi connectivity index (χ1v) is 6.44. The number of aromatic carboxylic acids is 1. The number of halogens is 4. The lowest BCUT2D eigenvalue weighted by Crippen LogP contribution is -2.30. The van der Waals surface area contributed by atoms with Crippen LogP contribution >= 0.6 is 15.9 Å². The molecule has 0 atom stereocenters. The summed E-state index contributed by atoms with van der Waals surface area (Å²) < 4.78 is 59.3. The lowest BCUT2D eigenvalue weighted by Gasteiger charge is -2.12. The van der Waals surface area contributed by atoms with E-state index in [2.05, 4.69) is 15.9 Å². The summed E-state index contributed by atoms with van der Waals surface area (Å²) in [6.45, 7) is 0. The topological polar surface area (TPSA) is 83.5 Å². The third-order valence-corrected chi connectivity index (χ3v) is 3.55. The number of sulfonamides is 1. The van der Waals surface area contributed by atoms with E-state index in [1.165, 1.54) is 4.72 Å². The SMILES string of the molecule is O=C(O)c1ccc(Br)c(NS(=O)(=O)C(F)(F)F)c1. The first kappa shape index (κ1) is 14.8. The molecule has 0 bridgehead atoms. The van der Waals surface area contributed by atoms with E-state index in [-0.39, 0.29) is 10.0 Å². The van der Waals surface area contributed by atoms with Crippen LogP contribution in [0.3, 0.4) is 0 Å². The molecule has 0 fully saturated rings. The molecule has 0 saturated heterocycles. The normalized spacial score (nSPS) is 12.2. The Morgan fingerprint density at radius 2 is 1.89 bits per heavy atom. The van der Waals surface area contributed by atoms with Gasteiger partial charge in [0.1, 0.15) is 0 Å². The van der Waals surface area contributed by atoms with E-state index in [9.17, 15) is 26.4 Å². The molecular weight excluding hydrogens is 343 g/mol. The van der Waals surface area contributed by atoms with Crippen LogP contribution in [0, 0.1) is 0 Å². The van der Waals surface area contributed by atoms with Crippen molar-refractivity contribution >= 4 is 37.6 Å². The van der Waals surface area contributed by atoms with Crippen LogP contribution in [0.15, 0.2) is 22.7 Å². The van der Waals surface area contributed by atoms with Gasteiger partial charge in [-0.1, -0.05) is 0 Å². The molecule has 10 heteroatoms. The number of rotatable bonds is 3. The van der Waals surface area contributed by atoms with Crippen LogP contribution in [0.25, 0.3) is 0 Å². The minimum Gasteiger partial charge on any atom is -0.478 e. The summed E-state index contributed by atoms with van der Waals surface area (Å²) in [6, 6.07) is 3.01. The van der Waals surface area contributed by atoms with Crippen molar-refractivity contribution < 1.29 is 31.5 Å². The molecule has 0 amide bonds. The lowest BCUT2D eigenvalue weighted by molar-refractivity contribution is -0.0429. The molecule has 1 rings (SSSR count).